The number of hydrogen-bond donors (Lipinski definition) is 2. The monoisotopic (exact) mass is 170 g/mol. The Balaban J connectivity index is 2.68. The Morgan fingerprint density at radius 3 is 3.17 bits per heavy atom. The van der Waals surface area contributed by atoms with Gasteiger partial charge in [-0.1, -0.05) is 0 Å². The Bertz CT molecular complexity index is 270. The predicted molar refractivity (Wildman–Crippen MR) is 40.0 cm³/mol. The Labute approximate surface area is 69.2 Å². The van der Waals surface area contributed by atoms with Crippen molar-refractivity contribution >= 4 is 5.91 Å². The van der Waals surface area contributed by atoms with Gasteiger partial charge in [0.2, 0.25) is 5.91 Å². The van der Waals surface area contributed by atoms with Crippen molar-refractivity contribution in [2.75, 3.05) is 7.05 Å². The van der Waals surface area contributed by atoms with E-state index in [2.05, 4.69) is 15.5 Å². The second-order valence-corrected chi connectivity index (χ2v) is 2.21. The lowest BCUT2D eigenvalue weighted by molar-refractivity contribution is -0.121. The largest absolute Gasteiger partial charge is 0.388 e. The van der Waals surface area contributed by atoms with E-state index in [0.717, 1.165) is 0 Å². The van der Waals surface area contributed by atoms with E-state index in [1.165, 1.54) is 10.9 Å². The Morgan fingerprint density at radius 1 is 1.83 bits per heavy atom. The summed E-state index contributed by atoms with van der Waals surface area (Å²) in [5, 5.41) is 18.4. The van der Waals surface area contributed by atoms with Crippen LogP contribution in [0.3, 0.4) is 0 Å². The first-order valence-corrected chi connectivity index (χ1v) is 3.46. The molecule has 0 unspecified atom stereocenters. The normalized spacial score (nSPS) is 9.83. The molecule has 2 N–H and O–H groups in total. The van der Waals surface area contributed by atoms with Crippen LogP contribution in [0.25, 0.3) is 0 Å². The van der Waals surface area contributed by atoms with Gasteiger partial charge < -0.3 is 15.0 Å². The van der Waals surface area contributed by atoms with Crippen molar-refractivity contribution in [3.05, 3.63) is 12.2 Å². The van der Waals surface area contributed by atoms with Crippen molar-refractivity contribution in [3.63, 3.8) is 0 Å². The number of carbonyl (C=O) groups excluding carboxylic acids is 1. The lowest BCUT2D eigenvalue weighted by Crippen LogP contribution is -2.24. The molecule has 0 aliphatic heterocycles. The maximum Gasteiger partial charge on any atom is 0.239 e. The average molecular weight is 170 g/mol. The number of aliphatic hydroxyl groups is 1. The SMILES string of the molecule is CNC(=O)Cn1cnnc1CO. The third kappa shape index (κ3) is 1.79. The topological polar surface area (TPSA) is 80.0 Å². The Kier molecular flexibility index (Phi) is 2.76. The summed E-state index contributed by atoms with van der Waals surface area (Å²) in [6.45, 7) is -0.0730. The lowest BCUT2D eigenvalue weighted by atomic mass is 10.5. The summed E-state index contributed by atoms with van der Waals surface area (Å²) in [4.78, 5) is 10.9. The molecule has 0 saturated heterocycles. The summed E-state index contributed by atoms with van der Waals surface area (Å²) >= 11 is 0. The number of nitrogens with zero attached hydrogens (tertiary/aromatic N) is 3. The van der Waals surface area contributed by atoms with Crippen LogP contribution < -0.4 is 5.32 Å². The van der Waals surface area contributed by atoms with Crippen molar-refractivity contribution in [1.82, 2.24) is 20.1 Å². The predicted octanol–water partition coefficient (Wildman–Crippen LogP) is -1.48. The second kappa shape index (κ2) is 3.82. The molecule has 1 amide bonds. The van der Waals surface area contributed by atoms with Crippen molar-refractivity contribution in [2.24, 2.45) is 0 Å². The number of aliphatic hydroxyl groups excluding tert-OH is 1. The van der Waals surface area contributed by atoms with Gasteiger partial charge >= 0.3 is 0 Å². The third-order valence-corrected chi connectivity index (χ3v) is 1.43. The van der Waals surface area contributed by atoms with E-state index in [0.29, 0.717) is 5.82 Å². The van der Waals surface area contributed by atoms with Crippen LogP contribution in [0.5, 0.6) is 0 Å². The maximum atomic E-state index is 10.9. The second-order valence-electron chi connectivity index (χ2n) is 2.21. The standard InChI is InChI=1S/C6H10N4O2/c1-7-6(12)2-10-4-8-9-5(10)3-11/h4,11H,2-3H2,1H3,(H,7,12). The molecular formula is C6H10N4O2. The van der Waals surface area contributed by atoms with E-state index in [4.69, 9.17) is 5.11 Å². The molecule has 6 heteroatoms. The fraction of sp³-hybridized carbons (Fsp3) is 0.500. The fourth-order valence-electron chi connectivity index (χ4n) is 0.767. The van der Waals surface area contributed by atoms with Gasteiger partial charge in [0.25, 0.3) is 0 Å². The van der Waals surface area contributed by atoms with Gasteiger partial charge in [0, 0.05) is 7.05 Å². The van der Waals surface area contributed by atoms with Crippen LogP contribution in [0.1, 0.15) is 5.82 Å². The molecule has 1 aromatic heterocycles. The third-order valence-electron chi connectivity index (χ3n) is 1.43. The number of amides is 1. The smallest absolute Gasteiger partial charge is 0.239 e. The molecule has 1 aromatic rings. The Hall–Kier alpha value is -1.43. The molecule has 0 spiro atoms. The summed E-state index contributed by atoms with van der Waals surface area (Å²) in [5.41, 5.74) is 0. The van der Waals surface area contributed by atoms with Gasteiger partial charge in [-0.3, -0.25) is 4.79 Å². The van der Waals surface area contributed by atoms with Crippen molar-refractivity contribution in [2.45, 2.75) is 13.2 Å². The molecule has 0 fully saturated rings. The Morgan fingerprint density at radius 2 is 2.58 bits per heavy atom. The van der Waals surface area contributed by atoms with E-state index in [9.17, 15) is 4.79 Å². The van der Waals surface area contributed by atoms with E-state index in [-0.39, 0.29) is 19.1 Å². The van der Waals surface area contributed by atoms with Crippen LogP contribution in [0.4, 0.5) is 0 Å². The first kappa shape index (κ1) is 8.66. The fourth-order valence-corrected chi connectivity index (χ4v) is 0.767. The van der Waals surface area contributed by atoms with Crippen molar-refractivity contribution in [1.29, 1.82) is 0 Å². The molecule has 1 rings (SSSR count). The van der Waals surface area contributed by atoms with Crippen molar-refractivity contribution in [3.8, 4) is 0 Å². The highest BCUT2D eigenvalue weighted by Crippen LogP contribution is 1.93. The molecule has 6 nitrogen and oxygen atoms in total. The first-order chi connectivity index (χ1) is 5.77. The molecule has 0 aliphatic rings. The van der Waals surface area contributed by atoms with E-state index >= 15 is 0 Å². The van der Waals surface area contributed by atoms with Gasteiger partial charge in [0.05, 0.1) is 0 Å². The van der Waals surface area contributed by atoms with Gasteiger partial charge in [-0.25, -0.2) is 0 Å². The highest BCUT2D eigenvalue weighted by molar-refractivity contribution is 5.75. The van der Waals surface area contributed by atoms with Crippen LogP contribution in [-0.2, 0) is 17.9 Å². The molecule has 0 aromatic carbocycles. The first-order valence-electron chi connectivity index (χ1n) is 3.46. The van der Waals surface area contributed by atoms with E-state index in [1.807, 2.05) is 0 Å². The molecule has 0 radical (unpaired) electrons. The van der Waals surface area contributed by atoms with Crippen molar-refractivity contribution < 1.29 is 9.90 Å². The molecule has 0 bridgehead atoms. The summed E-state index contributed by atoms with van der Waals surface area (Å²) in [6.07, 6.45) is 1.40. The van der Waals surface area contributed by atoms with E-state index in [1.54, 1.807) is 7.05 Å². The molecule has 66 valence electrons. The van der Waals surface area contributed by atoms with Gasteiger partial charge in [0.1, 0.15) is 19.5 Å². The van der Waals surface area contributed by atoms with Crippen LogP contribution in [0, 0.1) is 0 Å². The average Bonchev–Trinajstić information content (AvgIpc) is 2.51. The zero-order valence-corrected chi connectivity index (χ0v) is 6.69. The van der Waals surface area contributed by atoms with Crippen LogP contribution in [-0.4, -0.2) is 32.8 Å². The van der Waals surface area contributed by atoms with Gasteiger partial charge in [0.15, 0.2) is 5.82 Å². The zero-order chi connectivity index (χ0) is 8.97. The summed E-state index contributed by atoms with van der Waals surface area (Å²) in [7, 11) is 1.55. The van der Waals surface area contributed by atoms with Crippen LogP contribution >= 0.6 is 0 Å². The zero-order valence-electron chi connectivity index (χ0n) is 6.69. The molecule has 1 heterocycles. The number of aromatic nitrogens is 3. The summed E-state index contributed by atoms with van der Waals surface area (Å²) < 4.78 is 1.48. The van der Waals surface area contributed by atoms with E-state index < -0.39 is 0 Å². The number of hydrogen-bond acceptors (Lipinski definition) is 4. The summed E-state index contributed by atoms with van der Waals surface area (Å²) in [6, 6.07) is 0. The van der Waals surface area contributed by atoms with Gasteiger partial charge in [-0.05, 0) is 0 Å². The van der Waals surface area contributed by atoms with Gasteiger partial charge in [-0.2, -0.15) is 0 Å². The van der Waals surface area contributed by atoms with Gasteiger partial charge in [-0.15, -0.1) is 10.2 Å². The number of likely N-dealkylation sites (N-methyl/N-ethyl adjacent to an activating group) is 1. The lowest BCUT2D eigenvalue weighted by Gasteiger charge is -2.02. The number of rotatable bonds is 3. The van der Waals surface area contributed by atoms with Crippen LogP contribution in [0.2, 0.25) is 0 Å². The maximum absolute atomic E-state index is 10.9. The molecule has 12 heavy (non-hydrogen) atoms. The number of carbonyl (C=O) groups is 1. The minimum atomic E-state index is -0.211. The minimum absolute atomic E-state index is 0.138. The molecule has 0 saturated carbocycles. The summed E-state index contributed by atoms with van der Waals surface area (Å²) in [5.74, 6) is 0.239. The molecular weight excluding hydrogens is 160 g/mol. The highest BCUT2D eigenvalue weighted by Gasteiger charge is 2.05. The molecule has 0 atom stereocenters. The number of nitrogens with one attached hydrogen (secondary N) is 1. The minimum Gasteiger partial charge on any atom is -0.388 e. The van der Waals surface area contributed by atoms with Crippen LogP contribution in [0.15, 0.2) is 6.33 Å². The highest BCUT2D eigenvalue weighted by atomic mass is 16.3. The quantitative estimate of drug-likeness (QED) is 0.579. The molecule has 0 aliphatic carbocycles.